The number of nitrogens with one attached hydrogen (secondary N) is 1. The topological polar surface area (TPSA) is 58.6 Å². The first kappa shape index (κ1) is 14.9. The van der Waals surface area contributed by atoms with Crippen LogP contribution < -0.4 is 10.1 Å². The highest BCUT2D eigenvalue weighted by Crippen LogP contribution is 2.37. The van der Waals surface area contributed by atoms with Gasteiger partial charge in [-0.15, -0.1) is 0 Å². The van der Waals surface area contributed by atoms with Gasteiger partial charge in [0, 0.05) is 11.5 Å². The van der Waals surface area contributed by atoms with Crippen molar-refractivity contribution >= 4 is 5.91 Å². The van der Waals surface area contributed by atoms with E-state index in [0.29, 0.717) is 6.42 Å². The van der Waals surface area contributed by atoms with Gasteiger partial charge in [0.25, 0.3) is 0 Å². The Morgan fingerprint density at radius 1 is 1.55 bits per heavy atom. The molecular formula is C16H23NO3. The van der Waals surface area contributed by atoms with Crippen molar-refractivity contribution in [3.8, 4) is 5.75 Å². The Balaban J connectivity index is 1.95. The first-order valence-electron chi connectivity index (χ1n) is 7.10. The molecule has 1 fully saturated rings. The lowest BCUT2D eigenvalue weighted by atomic mass is 9.85. The summed E-state index contributed by atoms with van der Waals surface area (Å²) in [6.45, 7) is 2.16. The summed E-state index contributed by atoms with van der Waals surface area (Å²) in [6, 6.07) is 7.61. The summed E-state index contributed by atoms with van der Waals surface area (Å²) in [5, 5.41) is 12.6. The lowest BCUT2D eigenvalue weighted by molar-refractivity contribution is -0.122. The molecule has 2 atom stereocenters. The van der Waals surface area contributed by atoms with Crippen molar-refractivity contribution in [3.05, 3.63) is 29.8 Å². The lowest BCUT2D eigenvalue weighted by Gasteiger charge is -2.30. The number of carbonyl (C=O) groups excluding carboxylic acids is 1. The van der Waals surface area contributed by atoms with Crippen molar-refractivity contribution in [2.24, 2.45) is 5.41 Å². The molecule has 4 nitrogen and oxygen atoms in total. The first-order chi connectivity index (χ1) is 9.57. The van der Waals surface area contributed by atoms with E-state index in [-0.39, 0.29) is 24.0 Å². The number of ether oxygens (including phenoxy) is 1. The zero-order valence-corrected chi connectivity index (χ0v) is 12.2. The fourth-order valence-electron chi connectivity index (χ4n) is 2.88. The SMILES string of the molecule is COc1cccc(CC(=O)NC2CCCC2(C)CO)c1. The normalized spacial score (nSPS) is 25.4. The minimum absolute atomic E-state index is 0.00447. The second-order valence-corrected chi connectivity index (χ2v) is 5.85. The van der Waals surface area contributed by atoms with Gasteiger partial charge in [-0.3, -0.25) is 4.79 Å². The number of amides is 1. The Morgan fingerprint density at radius 2 is 2.35 bits per heavy atom. The average Bonchev–Trinajstić information content (AvgIpc) is 2.81. The first-order valence-corrected chi connectivity index (χ1v) is 7.10. The molecule has 0 heterocycles. The lowest BCUT2D eigenvalue weighted by Crippen LogP contribution is -2.45. The van der Waals surface area contributed by atoms with Crippen LogP contribution in [0.3, 0.4) is 0 Å². The molecule has 0 bridgehead atoms. The standard InChI is InChI=1S/C16H23NO3/c1-16(11-18)8-4-7-14(16)17-15(19)10-12-5-3-6-13(9-12)20-2/h3,5-6,9,14,18H,4,7-8,10-11H2,1-2H3,(H,17,19). The second-order valence-electron chi connectivity index (χ2n) is 5.85. The van der Waals surface area contributed by atoms with E-state index >= 15 is 0 Å². The molecule has 1 aliphatic carbocycles. The Labute approximate surface area is 120 Å². The number of aliphatic hydroxyl groups excluding tert-OH is 1. The van der Waals surface area contributed by atoms with Crippen molar-refractivity contribution in [1.82, 2.24) is 5.32 Å². The number of hydrogen-bond acceptors (Lipinski definition) is 3. The number of benzene rings is 1. The smallest absolute Gasteiger partial charge is 0.224 e. The van der Waals surface area contributed by atoms with Crippen molar-refractivity contribution in [2.75, 3.05) is 13.7 Å². The highest BCUT2D eigenvalue weighted by Gasteiger charge is 2.38. The zero-order chi connectivity index (χ0) is 14.6. The summed E-state index contributed by atoms with van der Waals surface area (Å²) in [5.41, 5.74) is 0.759. The van der Waals surface area contributed by atoms with Gasteiger partial charge in [0.2, 0.25) is 5.91 Å². The third kappa shape index (κ3) is 3.31. The van der Waals surface area contributed by atoms with Gasteiger partial charge in [-0.05, 0) is 30.5 Å². The molecule has 2 rings (SSSR count). The summed E-state index contributed by atoms with van der Waals surface area (Å²) in [4.78, 5) is 12.1. The Kier molecular flexibility index (Phi) is 4.65. The fraction of sp³-hybridized carbons (Fsp3) is 0.562. The van der Waals surface area contributed by atoms with Crippen LogP contribution >= 0.6 is 0 Å². The second kappa shape index (κ2) is 6.27. The molecule has 0 aliphatic heterocycles. The maximum Gasteiger partial charge on any atom is 0.224 e. The predicted octanol–water partition coefficient (Wildman–Crippen LogP) is 1.90. The van der Waals surface area contributed by atoms with Gasteiger partial charge in [0.1, 0.15) is 5.75 Å². The molecule has 20 heavy (non-hydrogen) atoms. The maximum absolute atomic E-state index is 12.1. The van der Waals surface area contributed by atoms with Crippen LogP contribution in [0.4, 0.5) is 0 Å². The maximum atomic E-state index is 12.1. The van der Waals surface area contributed by atoms with E-state index in [1.807, 2.05) is 31.2 Å². The summed E-state index contributed by atoms with van der Waals surface area (Å²) in [7, 11) is 1.62. The van der Waals surface area contributed by atoms with Crippen LogP contribution in [-0.2, 0) is 11.2 Å². The quantitative estimate of drug-likeness (QED) is 0.864. The van der Waals surface area contributed by atoms with Crippen molar-refractivity contribution in [2.45, 2.75) is 38.6 Å². The van der Waals surface area contributed by atoms with Gasteiger partial charge in [0.05, 0.1) is 20.1 Å². The molecule has 0 radical (unpaired) electrons. The molecule has 2 N–H and O–H groups in total. The summed E-state index contributed by atoms with van der Waals surface area (Å²) in [6.07, 6.45) is 3.31. The molecule has 0 saturated heterocycles. The van der Waals surface area contributed by atoms with Gasteiger partial charge in [-0.2, -0.15) is 0 Å². The summed E-state index contributed by atoms with van der Waals surface area (Å²) >= 11 is 0. The van der Waals surface area contributed by atoms with E-state index in [0.717, 1.165) is 30.6 Å². The number of hydrogen-bond donors (Lipinski definition) is 2. The van der Waals surface area contributed by atoms with Crippen molar-refractivity contribution in [3.63, 3.8) is 0 Å². The Hall–Kier alpha value is -1.55. The number of methoxy groups -OCH3 is 1. The van der Waals surface area contributed by atoms with Gasteiger partial charge in [-0.1, -0.05) is 25.5 Å². The average molecular weight is 277 g/mol. The van der Waals surface area contributed by atoms with Gasteiger partial charge in [0.15, 0.2) is 0 Å². The minimum Gasteiger partial charge on any atom is -0.497 e. The third-order valence-electron chi connectivity index (χ3n) is 4.28. The van der Waals surface area contributed by atoms with Crippen LogP contribution in [0.15, 0.2) is 24.3 Å². The highest BCUT2D eigenvalue weighted by atomic mass is 16.5. The summed E-state index contributed by atoms with van der Waals surface area (Å²) < 4.78 is 5.16. The van der Waals surface area contributed by atoms with E-state index in [4.69, 9.17) is 4.74 Å². The molecule has 2 unspecified atom stereocenters. The van der Waals surface area contributed by atoms with Gasteiger partial charge >= 0.3 is 0 Å². The largest absolute Gasteiger partial charge is 0.497 e. The molecular weight excluding hydrogens is 254 g/mol. The molecule has 1 aliphatic rings. The van der Waals surface area contributed by atoms with Crippen LogP contribution in [0.5, 0.6) is 5.75 Å². The molecule has 4 heteroatoms. The van der Waals surface area contributed by atoms with E-state index in [2.05, 4.69) is 5.32 Å². The van der Waals surface area contributed by atoms with E-state index in [1.165, 1.54) is 0 Å². The van der Waals surface area contributed by atoms with Crippen LogP contribution in [0, 0.1) is 5.41 Å². The number of rotatable bonds is 5. The third-order valence-corrected chi connectivity index (χ3v) is 4.28. The van der Waals surface area contributed by atoms with Crippen LogP contribution in [-0.4, -0.2) is 30.8 Å². The summed E-state index contributed by atoms with van der Waals surface area (Å²) in [5.74, 6) is 0.765. The van der Waals surface area contributed by atoms with Gasteiger partial charge in [-0.25, -0.2) is 0 Å². The molecule has 1 aromatic rings. The molecule has 110 valence electrons. The van der Waals surface area contributed by atoms with E-state index < -0.39 is 0 Å². The molecule has 1 saturated carbocycles. The highest BCUT2D eigenvalue weighted by molar-refractivity contribution is 5.79. The molecule has 1 amide bonds. The zero-order valence-electron chi connectivity index (χ0n) is 12.2. The molecule has 0 aromatic heterocycles. The van der Waals surface area contributed by atoms with Crippen LogP contribution in [0.1, 0.15) is 31.7 Å². The van der Waals surface area contributed by atoms with Crippen molar-refractivity contribution in [1.29, 1.82) is 0 Å². The van der Waals surface area contributed by atoms with E-state index in [9.17, 15) is 9.90 Å². The number of aliphatic hydroxyl groups is 1. The fourth-order valence-corrected chi connectivity index (χ4v) is 2.88. The minimum atomic E-state index is -0.177. The van der Waals surface area contributed by atoms with E-state index in [1.54, 1.807) is 7.11 Å². The van der Waals surface area contributed by atoms with Crippen LogP contribution in [0.2, 0.25) is 0 Å². The molecule has 1 aromatic carbocycles. The predicted molar refractivity (Wildman–Crippen MR) is 77.7 cm³/mol. The monoisotopic (exact) mass is 277 g/mol. The Bertz CT molecular complexity index is 475. The Morgan fingerprint density at radius 3 is 3.05 bits per heavy atom. The van der Waals surface area contributed by atoms with Crippen molar-refractivity contribution < 1.29 is 14.6 Å². The van der Waals surface area contributed by atoms with Gasteiger partial charge < -0.3 is 15.2 Å². The number of carbonyl (C=O) groups is 1. The molecule has 0 spiro atoms. The van der Waals surface area contributed by atoms with Crippen LogP contribution in [0.25, 0.3) is 0 Å².